The fraction of sp³-hybridized carbons (Fsp3) is 0.323. The predicted molar refractivity (Wildman–Crippen MR) is 149 cm³/mol. The highest BCUT2D eigenvalue weighted by atomic mass is 16.3. The van der Waals surface area contributed by atoms with Crippen LogP contribution in [0.3, 0.4) is 0 Å². The number of hydrogen-bond acceptors (Lipinski definition) is 5. The van der Waals surface area contributed by atoms with Gasteiger partial charge in [-0.05, 0) is 66.3 Å². The molecule has 1 fully saturated rings. The topological polar surface area (TPSA) is 70.6 Å². The maximum atomic E-state index is 9.93. The van der Waals surface area contributed by atoms with E-state index >= 15 is 0 Å². The third-order valence-electron chi connectivity index (χ3n) is 7.86. The van der Waals surface area contributed by atoms with E-state index in [1.165, 1.54) is 33.6 Å². The first kappa shape index (κ1) is 23.9. The van der Waals surface area contributed by atoms with Gasteiger partial charge in [0, 0.05) is 44.0 Å². The number of anilines is 1. The van der Waals surface area contributed by atoms with Crippen molar-refractivity contribution < 1.29 is 5.11 Å². The third kappa shape index (κ3) is 4.80. The van der Waals surface area contributed by atoms with Gasteiger partial charge < -0.3 is 15.7 Å². The van der Waals surface area contributed by atoms with Crippen molar-refractivity contribution in [2.45, 2.75) is 45.5 Å². The molecule has 0 saturated carbocycles. The molecule has 0 spiro atoms. The van der Waals surface area contributed by atoms with Gasteiger partial charge in [0.05, 0.1) is 29.7 Å². The van der Waals surface area contributed by atoms with Gasteiger partial charge in [-0.25, -0.2) is 4.68 Å². The van der Waals surface area contributed by atoms with E-state index in [1.54, 1.807) is 0 Å². The van der Waals surface area contributed by atoms with E-state index in [-0.39, 0.29) is 6.10 Å². The Morgan fingerprint density at radius 2 is 1.81 bits per heavy atom. The Morgan fingerprint density at radius 1 is 0.973 bits per heavy atom. The van der Waals surface area contributed by atoms with Crippen LogP contribution in [0.15, 0.2) is 72.8 Å². The maximum absolute atomic E-state index is 9.93. The zero-order valence-corrected chi connectivity index (χ0v) is 21.5. The van der Waals surface area contributed by atoms with Crippen LogP contribution < -0.4 is 10.6 Å². The average molecular weight is 494 g/mol. The van der Waals surface area contributed by atoms with Gasteiger partial charge in [0.2, 0.25) is 0 Å². The molecule has 0 radical (unpaired) electrons. The van der Waals surface area contributed by atoms with Crippen LogP contribution >= 0.6 is 0 Å². The van der Waals surface area contributed by atoms with E-state index in [4.69, 9.17) is 10.8 Å². The molecule has 0 bridgehead atoms. The Balaban J connectivity index is 1.24. The van der Waals surface area contributed by atoms with Crippen molar-refractivity contribution >= 4 is 5.69 Å². The van der Waals surface area contributed by atoms with Gasteiger partial charge in [0.25, 0.3) is 0 Å². The lowest BCUT2D eigenvalue weighted by atomic mass is 9.98. The second kappa shape index (κ2) is 10.1. The third-order valence-corrected chi connectivity index (χ3v) is 7.86. The van der Waals surface area contributed by atoms with Crippen LogP contribution in [0.25, 0.3) is 16.8 Å². The number of hydrogen-bond donors (Lipinski definition) is 2. The minimum Gasteiger partial charge on any atom is -0.392 e. The molecule has 1 aromatic heterocycles. The summed E-state index contributed by atoms with van der Waals surface area (Å²) in [4.78, 5) is 4.80. The second-order valence-electron chi connectivity index (χ2n) is 10.3. The number of nitrogens with zero attached hydrogens (tertiary/aromatic N) is 4. The molecule has 1 atom stereocenters. The minimum atomic E-state index is -0.193. The molecule has 6 rings (SSSR count). The normalized spacial score (nSPS) is 17.8. The molecular formula is C31H35N5O. The van der Waals surface area contributed by atoms with Crippen LogP contribution in [0.2, 0.25) is 0 Å². The molecule has 2 aliphatic heterocycles. The van der Waals surface area contributed by atoms with Gasteiger partial charge in [-0.3, -0.25) is 4.90 Å². The molecule has 3 N–H and O–H groups in total. The number of likely N-dealkylation sites (tertiary alicyclic amines) is 1. The molecule has 0 unspecified atom stereocenters. The van der Waals surface area contributed by atoms with E-state index in [0.29, 0.717) is 6.54 Å². The number of benzene rings is 3. The van der Waals surface area contributed by atoms with Gasteiger partial charge in [-0.15, -0.1) is 0 Å². The van der Waals surface area contributed by atoms with Crippen molar-refractivity contribution in [1.82, 2.24) is 14.7 Å². The number of aryl methyl sites for hydroxylation is 1. The van der Waals surface area contributed by atoms with Crippen molar-refractivity contribution in [2.24, 2.45) is 5.73 Å². The molecule has 0 amide bonds. The van der Waals surface area contributed by atoms with Crippen molar-refractivity contribution in [3.63, 3.8) is 0 Å². The van der Waals surface area contributed by atoms with Crippen molar-refractivity contribution in [2.75, 3.05) is 24.5 Å². The fourth-order valence-corrected chi connectivity index (χ4v) is 5.84. The summed E-state index contributed by atoms with van der Waals surface area (Å²) in [5.74, 6) is 0. The van der Waals surface area contributed by atoms with Gasteiger partial charge >= 0.3 is 0 Å². The fourth-order valence-electron chi connectivity index (χ4n) is 5.84. The number of fused-ring (bicyclic) bond motifs is 1. The lowest BCUT2D eigenvalue weighted by Crippen LogP contribution is -2.31. The van der Waals surface area contributed by atoms with Crippen LogP contribution in [0, 0.1) is 6.92 Å². The van der Waals surface area contributed by atoms with Crippen LogP contribution in [0.4, 0.5) is 5.69 Å². The maximum Gasteiger partial charge on any atom is 0.0679 e. The summed E-state index contributed by atoms with van der Waals surface area (Å²) in [6.07, 6.45) is 1.66. The van der Waals surface area contributed by atoms with E-state index in [0.717, 1.165) is 62.5 Å². The Kier molecular flexibility index (Phi) is 6.55. The number of rotatable bonds is 6. The molecular weight excluding hydrogens is 458 g/mol. The van der Waals surface area contributed by atoms with Gasteiger partial charge in [0.15, 0.2) is 0 Å². The molecule has 190 valence electrons. The highest BCUT2D eigenvalue weighted by Crippen LogP contribution is 2.31. The summed E-state index contributed by atoms with van der Waals surface area (Å²) in [7, 11) is 0. The Morgan fingerprint density at radius 3 is 2.59 bits per heavy atom. The first-order chi connectivity index (χ1) is 18.1. The Bertz CT molecular complexity index is 1390. The van der Waals surface area contributed by atoms with Crippen molar-refractivity contribution in [1.29, 1.82) is 0 Å². The average Bonchev–Trinajstić information content (AvgIpc) is 3.51. The molecule has 6 heteroatoms. The van der Waals surface area contributed by atoms with E-state index in [9.17, 15) is 5.11 Å². The van der Waals surface area contributed by atoms with Gasteiger partial charge in [0.1, 0.15) is 0 Å². The summed E-state index contributed by atoms with van der Waals surface area (Å²) < 4.78 is 2.11. The molecule has 1 saturated heterocycles. The van der Waals surface area contributed by atoms with Crippen LogP contribution in [-0.2, 0) is 26.1 Å². The Labute approximate surface area is 219 Å². The van der Waals surface area contributed by atoms with Crippen LogP contribution in [0.5, 0.6) is 0 Å². The SMILES string of the molecule is Cc1nn(-c2cccc(CN)c2)c2c1CCN(c1ccc(-c3ccccc3CN3CC[C@H](O)C3)cc1)C2. The zero-order valence-electron chi connectivity index (χ0n) is 21.5. The summed E-state index contributed by atoms with van der Waals surface area (Å²) in [6.45, 7) is 7.05. The monoisotopic (exact) mass is 493 g/mol. The number of nitrogens with two attached hydrogens (primary N) is 1. The molecule has 4 aromatic rings. The summed E-state index contributed by atoms with van der Waals surface area (Å²) >= 11 is 0. The zero-order chi connectivity index (χ0) is 25.4. The quantitative estimate of drug-likeness (QED) is 0.416. The lowest BCUT2D eigenvalue weighted by molar-refractivity contribution is 0.175. The smallest absolute Gasteiger partial charge is 0.0679 e. The standard InChI is InChI=1S/C31H35N5O/c1-22-29-14-16-35(21-31(29)36(33-22)27-7-4-5-23(17-27)18-32)26-11-9-24(10-12-26)30-8-3-2-6-25(30)19-34-15-13-28(37)20-34/h2-12,17,28,37H,13-16,18-21,32H2,1H3/t28-/m0/s1. The van der Waals surface area contributed by atoms with Gasteiger partial charge in [-0.1, -0.05) is 48.5 Å². The Hall–Kier alpha value is -3.45. The highest BCUT2D eigenvalue weighted by Gasteiger charge is 2.25. The van der Waals surface area contributed by atoms with Crippen LogP contribution in [0.1, 0.15) is 34.5 Å². The molecule has 37 heavy (non-hydrogen) atoms. The summed E-state index contributed by atoms with van der Waals surface area (Å²) in [5, 5.41) is 14.8. The molecule has 2 aliphatic rings. The van der Waals surface area contributed by atoms with Crippen molar-refractivity contribution in [3.8, 4) is 16.8 Å². The second-order valence-corrected chi connectivity index (χ2v) is 10.3. The van der Waals surface area contributed by atoms with E-state index in [1.807, 2.05) is 0 Å². The predicted octanol–water partition coefficient (Wildman–Crippen LogP) is 4.44. The number of aliphatic hydroxyl groups excluding tert-OH is 1. The van der Waals surface area contributed by atoms with E-state index < -0.39 is 0 Å². The lowest BCUT2D eigenvalue weighted by Gasteiger charge is -2.30. The number of β-amino-alcohol motifs (C(OH)–C–C–N with tert-alkyl or cyclic N) is 1. The summed E-state index contributed by atoms with van der Waals surface area (Å²) in [6, 6.07) is 26.0. The largest absolute Gasteiger partial charge is 0.392 e. The molecule has 3 heterocycles. The van der Waals surface area contributed by atoms with Crippen LogP contribution in [-0.4, -0.2) is 45.5 Å². The first-order valence-electron chi connectivity index (χ1n) is 13.3. The van der Waals surface area contributed by atoms with Crippen molar-refractivity contribution in [3.05, 3.63) is 101 Å². The number of aliphatic hydroxyl groups is 1. The minimum absolute atomic E-state index is 0.193. The summed E-state index contributed by atoms with van der Waals surface area (Å²) in [5.41, 5.74) is 16.9. The first-order valence-corrected chi connectivity index (χ1v) is 13.3. The molecule has 6 nitrogen and oxygen atoms in total. The van der Waals surface area contributed by atoms with Gasteiger partial charge in [-0.2, -0.15) is 5.10 Å². The highest BCUT2D eigenvalue weighted by molar-refractivity contribution is 5.69. The molecule has 3 aromatic carbocycles. The van der Waals surface area contributed by atoms with E-state index in [2.05, 4.69) is 94.2 Å². The number of aromatic nitrogens is 2. The molecule has 0 aliphatic carbocycles.